The SMILES string of the molecule is CCCCCCCCCCCCCCCCCC(=O)O.CCCCCCCCCCCCCCCCCC(=O)O.[Cu].c1ccc(-c2ccccn2)nc1. The molecular weight excluding hydrogens is 708 g/mol. The average Bonchev–Trinajstić information content (AvgIpc) is 3.16. The standard InChI is InChI=1S/2C18H36O2.C10H8N2.Cu/c2*1-2-3-4-5-6-7-8-9-10-11-12-13-14-15-16-17-18(19)20;1-3-7-11-9(5-1)10-6-2-4-8-12-10;/h2*2-17H2,1H3,(H,19,20);1-8H;. The molecular formula is C46H80CuN2O4. The number of carboxylic acid groups (broad SMARTS) is 2. The van der Waals surface area contributed by atoms with Crippen molar-refractivity contribution in [2.24, 2.45) is 0 Å². The van der Waals surface area contributed by atoms with Crippen molar-refractivity contribution < 1.29 is 36.9 Å². The molecule has 6 nitrogen and oxygen atoms in total. The minimum absolute atomic E-state index is 0. The van der Waals surface area contributed by atoms with Crippen LogP contribution in [0, 0.1) is 0 Å². The number of aliphatic carboxylic acids is 2. The molecule has 0 atom stereocenters. The third-order valence-electron chi connectivity index (χ3n) is 9.58. The van der Waals surface area contributed by atoms with E-state index in [1.165, 1.54) is 167 Å². The number of hydrogen-bond donors (Lipinski definition) is 2. The molecule has 2 N–H and O–H groups in total. The van der Waals surface area contributed by atoms with Crippen molar-refractivity contribution in [3.8, 4) is 11.4 Å². The Morgan fingerprint density at radius 2 is 0.623 bits per heavy atom. The first kappa shape index (κ1) is 52.9. The second kappa shape index (κ2) is 44.2. The zero-order valence-corrected chi connectivity index (χ0v) is 35.1. The summed E-state index contributed by atoms with van der Waals surface area (Å²) in [6, 6.07) is 11.6. The first-order valence-electron chi connectivity index (χ1n) is 21.8. The molecule has 2 aromatic rings. The van der Waals surface area contributed by atoms with Gasteiger partial charge < -0.3 is 10.2 Å². The van der Waals surface area contributed by atoms with E-state index < -0.39 is 11.9 Å². The monoisotopic (exact) mass is 788 g/mol. The zero-order chi connectivity index (χ0) is 38.0. The Morgan fingerprint density at radius 1 is 0.396 bits per heavy atom. The molecule has 0 bridgehead atoms. The van der Waals surface area contributed by atoms with Crippen molar-refractivity contribution in [2.45, 2.75) is 219 Å². The molecule has 0 aromatic carbocycles. The quantitative estimate of drug-likeness (QED) is 0.0552. The van der Waals surface area contributed by atoms with E-state index >= 15 is 0 Å². The van der Waals surface area contributed by atoms with Crippen LogP contribution in [0.1, 0.15) is 219 Å². The number of aromatic nitrogens is 2. The smallest absolute Gasteiger partial charge is 0.303 e. The summed E-state index contributed by atoms with van der Waals surface area (Å²) in [4.78, 5) is 29.0. The molecule has 0 aliphatic rings. The summed E-state index contributed by atoms with van der Waals surface area (Å²) < 4.78 is 0. The van der Waals surface area contributed by atoms with Crippen LogP contribution in [0.4, 0.5) is 0 Å². The third kappa shape index (κ3) is 42.4. The number of nitrogens with zero attached hydrogens (tertiary/aromatic N) is 2. The minimum atomic E-state index is -0.653. The zero-order valence-electron chi connectivity index (χ0n) is 34.2. The molecule has 2 heterocycles. The van der Waals surface area contributed by atoms with Gasteiger partial charge in [0, 0.05) is 42.3 Å². The van der Waals surface area contributed by atoms with Crippen LogP contribution in [0.2, 0.25) is 0 Å². The summed E-state index contributed by atoms with van der Waals surface area (Å²) in [5.74, 6) is -1.31. The molecule has 0 fully saturated rings. The first-order chi connectivity index (χ1) is 25.5. The number of hydrogen-bond acceptors (Lipinski definition) is 4. The van der Waals surface area contributed by atoms with Gasteiger partial charge >= 0.3 is 11.9 Å². The van der Waals surface area contributed by atoms with Gasteiger partial charge in [0.05, 0.1) is 11.4 Å². The molecule has 0 aliphatic carbocycles. The molecule has 0 amide bonds. The van der Waals surface area contributed by atoms with Gasteiger partial charge in [0.15, 0.2) is 0 Å². The van der Waals surface area contributed by atoms with Crippen LogP contribution in [-0.2, 0) is 26.7 Å². The predicted molar refractivity (Wildman–Crippen MR) is 222 cm³/mol. The van der Waals surface area contributed by atoms with Gasteiger partial charge in [-0.3, -0.25) is 19.6 Å². The second-order valence-electron chi connectivity index (χ2n) is 14.6. The Morgan fingerprint density at radius 3 is 0.811 bits per heavy atom. The van der Waals surface area contributed by atoms with Gasteiger partial charge in [-0.1, -0.05) is 206 Å². The average molecular weight is 789 g/mol. The van der Waals surface area contributed by atoms with E-state index in [-0.39, 0.29) is 17.1 Å². The maximum Gasteiger partial charge on any atom is 0.303 e. The van der Waals surface area contributed by atoms with Crippen molar-refractivity contribution in [3.05, 3.63) is 48.8 Å². The summed E-state index contributed by atoms with van der Waals surface area (Å²) in [5, 5.41) is 17.0. The number of carboxylic acids is 2. The second-order valence-corrected chi connectivity index (χ2v) is 14.6. The van der Waals surface area contributed by atoms with E-state index in [2.05, 4.69) is 23.8 Å². The maximum absolute atomic E-state index is 10.3. The normalized spacial score (nSPS) is 10.4. The summed E-state index contributed by atoms with van der Waals surface area (Å²) in [6.45, 7) is 4.54. The molecule has 53 heavy (non-hydrogen) atoms. The fourth-order valence-electron chi connectivity index (χ4n) is 6.32. The van der Waals surface area contributed by atoms with Gasteiger partial charge in [0.25, 0.3) is 0 Å². The molecule has 0 aliphatic heterocycles. The van der Waals surface area contributed by atoms with Crippen LogP contribution in [0.25, 0.3) is 11.4 Å². The largest absolute Gasteiger partial charge is 0.481 e. The summed E-state index contributed by atoms with van der Waals surface area (Å²) >= 11 is 0. The van der Waals surface area contributed by atoms with Crippen LogP contribution < -0.4 is 0 Å². The Bertz CT molecular complexity index is 928. The van der Waals surface area contributed by atoms with Crippen molar-refractivity contribution >= 4 is 11.9 Å². The Hall–Kier alpha value is -2.24. The molecule has 1 radical (unpaired) electrons. The van der Waals surface area contributed by atoms with E-state index in [9.17, 15) is 9.59 Å². The fourth-order valence-corrected chi connectivity index (χ4v) is 6.32. The molecule has 2 rings (SSSR count). The molecule has 309 valence electrons. The van der Waals surface area contributed by atoms with Gasteiger partial charge in [-0.25, -0.2) is 0 Å². The van der Waals surface area contributed by atoms with Crippen LogP contribution in [0.15, 0.2) is 48.8 Å². The topological polar surface area (TPSA) is 100 Å². The van der Waals surface area contributed by atoms with Crippen LogP contribution in [-0.4, -0.2) is 32.1 Å². The maximum atomic E-state index is 10.3. The van der Waals surface area contributed by atoms with Crippen LogP contribution in [0.5, 0.6) is 0 Å². The fraction of sp³-hybridized carbons (Fsp3) is 0.739. The molecule has 0 saturated heterocycles. The molecule has 0 unspecified atom stereocenters. The van der Waals surface area contributed by atoms with E-state index in [0.717, 1.165) is 37.1 Å². The van der Waals surface area contributed by atoms with Gasteiger partial charge in [0.1, 0.15) is 0 Å². The van der Waals surface area contributed by atoms with E-state index in [1.54, 1.807) is 12.4 Å². The Labute approximate surface area is 337 Å². The van der Waals surface area contributed by atoms with Gasteiger partial charge in [-0.05, 0) is 37.1 Å². The predicted octanol–water partition coefficient (Wildman–Crippen LogP) is 14.8. The number of carbonyl (C=O) groups is 2. The summed E-state index contributed by atoms with van der Waals surface area (Å²) in [5.41, 5.74) is 1.83. The molecule has 0 saturated carbocycles. The third-order valence-corrected chi connectivity index (χ3v) is 9.58. The van der Waals surface area contributed by atoms with Crippen molar-refractivity contribution in [1.82, 2.24) is 9.97 Å². The van der Waals surface area contributed by atoms with Crippen molar-refractivity contribution in [3.63, 3.8) is 0 Å². The molecule has 0 spiro atoms. The Balaban J connectivity index is 0. The summed E-state index contributed by atoms with van der Waals surface area (Å²) in [7, 11) is 0. The summed E-state index contributed by atoms with van der Waals surface area (Å²) in [6.07, 6.45) is 43.9. The van der Waals surface area contributed by atoms with Gasteiger partial charge in [-0.2, -0.15) is 0 Å². The first-order valence-corrected chi connectivity index (χ1v) is 21.8. The number of pyridine rings is 2. The van der Waals surface area contributed by atoms with Crippen molar-refractivity contribution in [2.75, 3.05) is 0 Å². The van der Waals surface area contributed by atoms with Crippen molar-refractivity contribution in [1.29, 1.82) is 0 Å². The molecule has 2 aromatic heterocycles. The van der Waals surface area contributed by atoms with E-state index in [1.807, 2.05) is 36.4 Å². The van der Waals surface area contributed by atoms with Gasteiger partial charge in [-0.15, -0.1) is 0 Å². The van der Waals surface area contributed by atoms with Gasteiger partial charge in [0.2, 0.25) is 0 Å². The minimum Gasteiger partial charge on any atom is -0.481 e. The van der Waals surface area contributed by atoms with E-state index in [4.69, 9.17) is 10.2 Å². The van der Waals surface area contributed by atoms with Crippen LogP contribution in [0.3, 0.4) is 0 Å². The number of rotatable bonds is 33. The van der Waals surface area contributed by atoms with Crippen LogP contribution >= 0.6 is 0 Å². The number of unbranched alkanes of at least 4 members (excludes halogenated alkanes) is 28. The van der Waals surface area contributed by atoms with E-state index in [0.29, 0.717) is 12.8 Å². The molecule has 7 heteroatoms. The Kier molecular flexibility index (Phi) is 44.0.